The van der Waals surface area contributed by atoms with Crippen LogP contribution in [0, 0.1) is 0 Å². The van der Waals surface area contributed by atoms with Crippen molar-refractivity contribution in [3.05, 3.63) is 88.8 Å². The summed E-state index contributed by atoms with van der Waals surface area (Å²) in [6.45, 7) is 0.122. The Bertz CT molecular complexity index is 1200. The molecule has 1 aromatic heterocycles. The van der Waals surface area contributed by atoms with E-state index in [2.05, 4.69) is 5.32 Å². The fourth-order valence-electron chi connectivity index (χ4n) is 3.10. The molecule has 1 unspecified atom stereocenters. The Labute approximate surface area is 199 Å². The standard InChI is InChI=1S/C22H23ClN2O6S2/c23-21-6-2-1-4-17(21)11-13-25(32(27)28)19-9-7-18(8-10-19)22(26)24-12-15-33(29,30)16-20-5-3-14-31-20/h1-10,14H,11-13,15-16H2,(H,24,26)(H,27,28)/p-1. The molecule has 0 aliphatic rings. The van der Waals surface area contributed by atoms with Gasteiger partial charge in [-0.15, -0.1) is 0 Å². The first kappa shape index (κ1) is 25.0. The Morgan fingerprint density at radius 1 is 1.09 bits per heavy atom. The molecule has 2 aromatic carbocycles. The van der Waals surface area contributed by atoms with E-state index in [-0.39, 0.29) is 30.2 Å². The molecule has 1 N–H and O–H groups in total. The molecule has 11 heteroatoms. The molecule has 176 valence electrons. The minimum Gasteiger partial charge on any atom is -0.755 e. The van der Waals surface area contributed by atoms with Crippen molar-refractivity contribution in [1.29, 1.82) is 0 Å². The lowest BCUT2D eigenvalue weighted by molar-refractivity contribution is 0.0956. The number of nitrogens with zero attached hydrogens (tertiary/aromatic N) is 1. The molecule has 0 aliphatic heterocycles. The van der Waals surface area contributed by atoms with Crippen molar-refractivity contribution in [3.8, 4) is 0 Å². The Kier molecular flexibility index (Phi) is 8.67. The second-order valence-electron chi connectivity index (χ2n) is 7.13. The minimum absolute atomic E-state index is 0.0574. The van der Waals surface area contributed by atoms with Gasteiger partial charge in [0.1, 0.15) is 11.5 Å². The topological polar surface area (TPSA) is 120 Å². The molecule has 0 aliphatic carbocycles. The first-order valence-corrected chi connectivity index (χ1v) is 13.2. The van der Waals surface area contributed by atoms with E-state index in [1.54, 1.807) is 24.3 Å². The van der Waals surface area contributed by atoms with Crippen LogP contribution in [0.25, 0.3) is 0 Å². The quantitative estimate of drug-likeness (QED) is 0.396. The average Bonchev–Trinajstić information content (AvgIpc) is 3.27. The lowest BCUT2D eigenvalue weighted by atomic mass is 10.1. The van der Waals surface area contributed by atoms with Gasteiger partial charge in [0, 0.05) is 40.6 Å². The van der Waals surface area contributed by atoms with Gasteiger partial charge in [-0.25, -0.2) is 8.42 Å². The number of anilines is 1. The SMILES string of the molecule is O=C(NCCS(=O)(=O)Cc1ccco1)c1ccc(N(CCc2ccccc2Cl)S(=O)[O-])cc1. The molecular weight excluding hydrogens is 488 g/mol. The number of sulfone groups is 1. The third-order valence-electron chi connectivity index (χ3n) is 4.78. The molecule has 0 fully saturated rings. The molecule has 0 spiro atoms. The van der Waals surface area contributed by atoms with E-state index in [4.69, 9.17) is 16.0 Å². The molecular formula is C22H22ClN2O6S2-. The van der Waals surface area contributed by atoms with Crippen LogP contribution in [0.2, 0.25) is 5.02 Å². The van der Waals surface area contributed by atoms with E-state index < -0.39 is 27.0 Å². The number of carbonyl (C=O) groups is 1. The Morgan fingerprint density at radius 3 is 2.45 bits per heavy atom. The summed E-state index contributed by atoms with van der Waals surface area (Å²) in [6.07, 6.45) is 1.82. The van der Waals surface area contributed by atoms with Crippen LogP contribution in [0.4, 0.5) is 5.69 Å². The molecule has 1 heterocycles. The van der Waals surface area contributed by atoms with Gasteiger partial charge >= 0.3 is 0 Å². The van der Waals surface area contributed by atoms with Crippen molar-refractivity contribution in [2.45, 2.75) is 12.2 Å². The predicted octanol–water partition coefficient (Wildman–Crippen LogP) is 3.12. The molecule has 8 nitrogen and oxygen atoms in total. The first-order valence-electron chi connectivity index (χ1n) is 9.96. The van der Waals surface area contributed by atoms with Crippen LogP contribution < -0.4 is 9.62 Å². The zero-order chi connectivity index (χ0) is 23.8. The number of halogens is 1. The van der Waals surface area contributed by atoms with E-state index in [1.807, 2.05) is 12.1 Å². The van der Waals surface area contributed by atoms with Crippen LogP contribution in [0.1, 0.15) is 21.7 Å². The minimum atomic E-state index is -3.44. The molecule has 1 amide bonds. The van der Waals surface area contributed by atoms with Crippen molar-refractivity contribution in [2.75, 3.05) is 23.1 Å². The number of nitrogens with one attached hydrogen (secondary N) is 1. The predicted molar refractivity (Wildman–Crippen MR) is 126 cm³/mol. The summed E-state index contributed by atoms with van der Waals surface area (Å²) in [5.74, 6) is -0.587. The first-order chi connectivity index (χ1) is 15.7. The van der Waals surface area contributed by atoms with Crippen LogP contribution in [-0.2, 0) is 33.3 Å². The zero-order valence-electron chi connectivity index (χ0n) is 17.5. The van der Waals surface area contributed by atoms with Crippen LogP contribution in [0.3, 0.4) is 0 Å². The van der Waals surface area contributed by atoms with E-state index in [0.29, 0.717) is 22.9 Å². The normalized spacial score (nSPS) is 12.3. The van der Waals surface area contributed by atoms with Gasteiger partial charge in [-0.05, 0) is 54.4 Å². The highest BCUT2D eigenvalue weighted by atomic mass is 35.5. The molecule has 0 radical (unpaired) electrons. The van der Waals surface area contributed by atoms with E-state index in [1.165, 1.54) is 34.8 Å². The monoisotopic (exact) mass is 509 g/mol. The highest BCUT2D eigenvalue weighted by Crippen LogP contribution is 2.20. The number of furan rings is 1. The number of carbonyl (C=O) groups excluding carboxylic acids is 1. The smallest absolute Gasteiger partial charge is 0.251 e. The summed E-state index contributed by atoms with van der Waals surface area (Å²) in [7, 11) is -3.44. The van der Waals surface area contributed by atoms with Gasteiger partial charge < -0.3 is 18.6 Å². The van der Waals surface area contributed by atoms with Gasteiger partial charge in [-0.3, -0.25) is 9.00 Å². The maximum atomic E-state index is 12.3. The maximum Gasteiger partial charge on any atom is 0.251 e. The van der Waals surface area contributed by atoms with Gasteiger partial charge in [-0.1, -0.05) is 29.8 Å². The molecule has 0 saturated heterocycles. The molecule has 0 saturated carbocycles. The lowest BCUT2D eigenvalue weighted by Crippen LogP contribution is -2.30. The Morgan fingerprint density at radius 2 is 1.82 bits per heavy atom. The van der Waals surface area contributed by atoms with Crippen molar-refractivity contribution in [3.63, 3.8) is 0 Å². The molecule has 1 atom stereocenters. The number of amides is 1. The highest BCUT2D eigenvalue weighted by molar-refractivity contribution is 7.90. The summed E-state index contributed by atoms with van der Waals surface area (Å²) in [6, 6.07) is 16.4. The zero-order valence-corrected chi connectivity index (χ0v) is 19.9. The van der Waals surface area contributed by atoms with Gasteiger partial charge in [0.15, 0.2) is 9.84 Å². The third kappa shape index (κ3) is 7.43. The van der Waals surface area contributed by atoms with Crippen molar-refractivity contribution < 1.29 is 26.4 Å². The molecule has 33 heavy (non-hydrogen) atoms. The Balaban J connectivity index is 1.55. The van der Waals surface area contributed by atoms with Gasteiger partial charge in [0.05, 0.1) is 12.0 Å². The Hall–Kier alpha value is -2.66. The third-order valence-corrected chi connectivity index (χ3v) is 7.45. The highest BCUT2D eigenvalue weighted by Gasteiger charge is 2.15. The second kappa shape index (κ2) is 11.5. The largest absolute Gasteiger partial charge is 0.755 e. The fraction of sp³-hybridized carbons (Fsp3) is 0.227. The number of benzene rings is 2. The van der Waals surface area contributed by atoms with Crippen LogP contribution in [-0.4, -0.2) is 41.9 Å². The fourth-order valence-corrected chi connectivity index (χ4v) is 5.02. The van der Waals surface area contributed by atoms with Crippen LogP contribution in [0.15, 0.2) is 71.3 Å². The summed E-state index contributed by atoms with van der Waals surface area (Å²) < 4.78 is 53.9. The number of hydrogen-bond acceptors (Lipinski definition) is 6. The molecule has 3 rings (SSSR count). The van der Waals surface area contributed by atoms with Crippen LogP contribution in [0.5, 0.6) is 0 Å². The molecule has 0 bridgehead atoms. The van der Waals surface area contributed by atoms with E-state index >= 15 is 0 Å². The van der Waals surface area contributed by atoms with E-state index in [0.717, 1.165) is 5.56 Å². The maximum absolute atomic E-state index is 12.3. The summed E-state index contributed by atoms with van der Waals surface area (Å²) in [4.78, 5) is 12.3. The second-order valence-corrected chi connectivity index (χ2v) is 10.6. The summed E-state index contributed by atoms with van der Waals surface area (Å²) in [5.41, 5.74) is 1.51. The van der Waals surface area contributed by atoms with Gasteiger partial charge in [0.2, 0.25) is 0 Å². The summed E-state index contributed by atoms with van der Waals surface area (Å²) >= 11 is 3.62. The van der Waals surface area contributed by atoms with E-state index in [9.17, 15) is 22.0 Å². The molecule has 3 aromatic rings. The lowest BCUT2D eigenvalue weighted by Gasteiger charge is -2.26. The number of hydrogen-bond donors (Lipinski definition) is 1. The summed E-state index contributed by atoms with van der Waals surface area (Å²) in [5, 5.41) is 3.12. The van der Waals surface area contributed by atoms with Crippen molar-refractivity contribution in [2.24, 2.45) is 0 Å². The van der Waals surface area contributed by atoms with Crippen LogP contribution >= 0.6 is 11.6 Å². The average molecular weight is 510 g/mol. The number of rotatable bonds is 11. The van der Waals surface area contributed by atoms with Crippen molar-refractivity contribution >= 4 is 44.3 Å². The van der Waals surface area contributed by atoms with Gasteiger partial charge in [-0.2, -0.15) is 0 Å². The van der Waals surface area contributed by atoms with Crippen molar-refractivity contribution in [1.82, 2.24) is 5.32 Å². The van der Waals surface area contributed by atoms with Gasteiger partial charge in [0.25, 0.3) is 5.91 Å².